The molecule has 0 amide bonds. The van der Waals surface area contributed by atoms with Gasteiger partial charge in [-0.15, -0.1) is 0 Å². The van der Waals surface area contributed by atoms with E-state index in [2.05, 4.69) is 20.3 Å². The van der Waals surface area contributed by atoms with E-state index in [0.717, 1.165) is 6.42 Å². The largest absolute Gasteiger partial charge is 0.387 e. The highest BCUT2D eigenvalue weighted by atomic mass is 16.6. The number of imidazole rings is 1. The van der Waals surface area contributed by atoms with Crippen molar-refractivity contribution in [2.45, 2.75) is 43.9 Å². The van der Waals surface area contributed by atoms with E-state index in [1.165, 1.54) is 12.7 Å². The van der Waals surface area contributed by atoms with Crippen molar-refractivity contribution >= 4 is 17.0 Å². The molecule has 3 unspecified atom stereocenters. The first kappa shape index (κ1) is 17.0. The van der Waals surface area contributed by atoms with Crippen LogP contribution in [0.5, 0.6) is 0 Å². The third-order valence-corrected chi connectivity index (χ3v) is 4.12. The summed E-state index contributed by atoms with van der Waals surface area (Å²) in [7, 11) is 0. The molecule has 5 atom stereocenters. The van der Waals surface area contributed by atoms with Crippen LogP contribution in [0.25, 0.3) is 11.2 Å². The maximum atomic E-state index is 10.3. The van der Waals surface area contributed by atoms with Gasteiger partial charge in [-0.1, -0.05) is 0 Å². The number of aliphatic hydroxyl groups excluding tert-OH is 2. The maximum absolute atomic E-state index is 10.3. The number of nitrogens with one attached hydrogen (secondary N) is 1. The molecule has 3 rings (SSSR count). The lowest BCUT2D eigenvalue weighted by molar-refractivity contribution is -0.0341. The van der Waals surface area contributed by atoms with Crippen molar-refractivity contribution < 1.29 is 14.9 Å². The molecule has 2 aromatic rings. The van der Waals surface area contributed by atoms with Crippen LogP contribution in [-0.2, 0) is 4.74 Å². The lowest BCUT2D eigenvalue weighted by Crippen LogP contribution is -2.38. The Hall–Kier alpha value is -1.85. The third-order valence-electron chi connectivity index (χ3n) is 4.12. The first-order valence-electron chi connectivity index (χ1n) is 7.90. The Morgan fingerprint density at radius 3 is 2.88 bits per heavy atom. The van der Waals surface area contributed by atoms with Gasteiger partial charge in [-0.05, 0) is 19.9 Å². The number of anilines is 1. The predicted octanol–water partition coefficient (Wildman–Crippen LogP) is -1.65. The van der Waals surface area contributed by atoms with Crippen molar-refractivity contribution in [2.75, 3.05) is 18.8 Å². The molecule has 24 heavy (non-hydrogen) atoms. The van der Waals surface area contributed by atoms with Gasteiger partial charge < -0.3 is 31.7 Å². The van der Waals surface area contributed by atoms with Crippen molar-refractivity contribution in [2.24, 2.45) is 5.73 Å². The van der Waals surface area contributed by atoms with Gasteiger partial charge in [-0.25, -0.2) is 15.0 Å². The number of rotatable bonds is 6. The molecule has 1 fully saturated rings. The van der Waals surface area contributed by atoms with Crippen LogP contribution < -0.4 is 16.8 Å². The van der Waals surface area contributed by atoms with Gasteiger partial charge in [0.25, 0.3) is 0 Å². The molecule has 0 saturated carbocycles. The van der Waals surface area contributed by atoms with Crippen LogP contribution in [-0.4, -0.2) is 67.2 Å². The van der Waals surface area contributed by atoms with Crippen LogP contribution in [0.15, 0.2) is 12.7 Å². The standard InChI is InChI=1S/C14H23N7O3/c1-7(15)2-3-17-4-8-10(22)11(23)14(24-8)21-6-20-9-12(16)18-5-19-13(9)21/h5-8,10-11,14,17,22-23H,2-4,15H2,1H3,(H2,16,18,19)/t7?,8-,10?,11?,14-/m1/s1. The Bertz CT molecular complexity index is 692. The van der Waals surface area contributed by atoms with Gasteiger partial charge in [0, 0.05) is 12.6 Å². The number of ether oxygens (including phenoxy) is 1. The van der Waals surface area contributed by atoms with Crippen LogP contribution in [0.2, 0.25) is 0 Å². The molecule has 0 radical (unpaired) electrons. The van der Waals surface area contributed by atoms with Crippen molar-refractivity contribution in [1.82, 2.24) is 24.8 Å². The number of nitrogens with two attached hydrogens (primary N) is 2. The third kappa shape index (κ3) is 3.19. The Balaban J connectivity index is 1.71. The second-order valence-electron chi connectivity index (χ2n) is 6.10. The summed E-state index contributed by atoms with van der Waals surface area (Å²) in [4.78, 5) is 12.2. The summed E-state index contributed by atoms with van der Waals surface area (Å²) in [5.74, 6) is 0.251. The van der Waals surface area contributed by atoms with E-state index in [1.807, 2.05) is 6.92 Å². The summed E-state index contributed by atoms with van der Waals surface area (Å²) in [6.45, 7) is 3.05. The molecule has 2 aromatic heterocycles. The fourth-order valence-electron chi connectivity index (χ4n) is 2.76. The monoisotopic (exact) mass is 337 g/mol. The first-order chi connectivity index (χ1) is 11.5. The van der Waals surface area contributed by atoms with Crippen molar-refractivity contribution in [1.29, 1.82) is 0 Å². The minimum Gasteiger partial charge on any atom is -0.387 e. The van der Waals surface area contributed by atoms with E-state index in [1.54, 1.807) is 4.57 Å². The highest BCUT2D eigenvalue weighted by molar-refractivity contribution is 5.81. The first-order valence-corrected chi connectivity index (χ1v) is 7.90. The van der Waals surface area contributed by atoms with Crippen LogP contribution in [0.4, 0.5) is 5.82 Å². The summed E-state index contributed by atoms with van der Waals surface area (Å²) in [5.41, 5.74) is 12.3. The van der Waals surface area contributed by atoms with Gasteiger partial charge in [-0.3, -0.25) is 4.57 Å². The van der Waals surface area contributed by atoms with Gasteiger partial charge in [0.05, 0.1) is 6.33 Å². The molecule has 10 nitrogen and oxygen atoms in total. The van der Waals surface area contributed by atoms with Gasteiger partial charge in [0.2, 0.25) is 0 Å². The maximum Gasteiger partial charge on any atom is 0.167 e. The molecule has 132 valence electrons. The molecule has 0 aliphatic carbocycles. The zero-order valence-electron chi connectivity index (χ0n) is 13.4. The molecule has 1 aliphatic heterocycles. The second kappa shape index (κ2) is 6.95. The number of aliphatic hydroxyl groups is 2. The summed E-state index contributed by atoms with van der Waals surface area (Å²) >= 11 is 0. The van der Waals surface area contributed by atoms with Gasteiger partial charge >= 0.3 is 0 Å². The normalized spacial score (nSPS) is 28.5. The number of aromatic nitrogens is 4. The van der Waals surface area contributed by atoms with Gasteiger partial charge in [0.1, 0.15) is 30.2 Å². The number of hydrogen-bond donors (Lipinski definition) is 5. The van der Waals surface area contributed by atoms with Crippen LogP contribution in [0.1, 0.15) is 19.6 Å². The van der Waals surface area contributed by atoms with E-state index < -0.39 is 24.5 Å². The highest BCUT2D eigenvalue weighted by Gasteiger charge is 2.44. The van der Waals surface area contributed by atoms with E-state index in [-0.39, 0.29) is 11.9 Å². The molecular formula is C14H23N7O3. The SMILES string of the molecule is CC(N)CCNC[C@H]1O[C@@H](n2cnc3c(N)ncnc32)C(O)C1O. The smallest absolute Gasteiger partial charge is 0.167 e. The quantitative estimate of drug-likeness (QED) is 0.390. The molecule has 0 bridgehead atoms. The van der Waals surface area contributed by atoms with Gasteiger partial charge in [-0.2, -0.15) is 0 Å². The molecular weight excluding hydrogens is 314 g/mol. The van der Waals surface area contributed by atoms with Crippen molar-refractivity contribution in [3.63, 3.8) is 0 Å². The Labute approximate surface area is 138 Å². The lowest BCUT2D eigenvalue weighted by atomic mass is 10.1. The van der Waals surface area contributed by atoms with E-state index in [9.17, 15) is 10.2 Å². The summed E-state index contributed by atoms with van der Waals surface area (Å²) in [5, 5.41) is 23.7. The molecule has 7 N–H and O–H groups in total. The fraction of sp³-hybridized carbons (Fsp3) is 0.643. The topological polar surface area (TPSA) is 157 Å². The summed E-state index contributed by atoms with van der Waals surface area (Å²) < 4.78 is 7.37. The lowest BCUT2D eigenvalue weighted by Gasteiger charge is -2.16. The minimum absolute atomic E-state index is 0.104. The minimum atomic E-state index is -1.10. The molecule has 1 aliphatic rings. The van der Waals surface area contributed by atoms with Gasteiger partial charge in [0.15, 0.2) is 17.7 Å². The molecule has 1 saturated heterocycles. The van der Waals surface area contributed by atoms with E-state index >= 15 is 0 Å². The zero-order chi connectivity index (χ0) is 17.3. The summed E-state index contributed by atoms with van der Waals surface area (Å²) in [6, 6.07) is 0.104. The number of fused-ring (bicyclic) bond motifs is 1. The average molecular weight is 337 g/mol. The Kier molecular flexibility index (Phi) is 4.92. The fourth-order valence-corrected chi connectivity index (χ4v) is 2.76. The molecule has 3 heterocycles. The van der Waals surface area contributed by atoms with Crippen molar-refractivity contribution in [3.05, 3.63) is 12.7 Å². The zero-order valence-corrected chi connectivity index (χ0v) is 13.4. The second-order valence-corrected chi connectivity index (χ2v) is 6.10. The van der Waals surface area contributed by atoms with Crippen LogP contribution >= 0.6 is 0 Å². The summed E-state index contributed by atoms with van der Waals surface area (Å²) in [6.07, 6.45) is 0.155. The molecule has 0 aromatic carbocycles. The highest BCUT2D eigenvalue weighted by Crippen LogP contribution is 2.31. The van der Waals surface area contributed by atoms with Crippen LogP contribution in [0, 0.1) is 0 Å². The average Bonchev–Trinajstić information content (AvgIpc) is 3.08. The van der Waals surface area contributed by atoms with Crippen LogP contribution in [0.3, 0.4) is 0 Å². The number of nitrogen functional groups attached to an aromatic ring is 1. The Morgan fingerprint density at radius 1 is 1.33 bits per heavy atom. The predicted molar refractivity (Wildman–Crippen MR) is 86.8 cm³/mol. The van der Waals surface area contributed by atoms with E-state index in [0.29, 0.717) is 24.3 Å². The number of nitrogens with zero attached hydrogens (tertiary/aromatic N) is 4. The number of hydrogen-bond acceptors (Lipinski definition) is 9. The van der Waals surface area contributed by atoms with E-state index in [4.69, 9.17) is 16.2 Å². The van der Waals surface area contributed by atoms with Crippen molar-refractivity contribution in [3.8, 4) is 0 Å². The Morgan fingerprint density at radius 2 is 2.12 bits per heavy atom. The molecule has 10 heteroatoms. The molecule has 0 spiro atoms.